The predicted octanol–water partition coefficient (Wildman–Crippen LogP) is 0.0762. The van der Waals surface area contributed by atoms with Gasteiger partial charge in [0.2, 0.25) is 6.79 Å². The Hall–Kier alpha value is -3.08. The molecule has 0 spiro atoms. The number of rotatable bonds is 0. The number of ether oxygens (including phenoxy) is 2. The lowest BCUT2D eigenvalue weighted by atomic mass is 9.99. The summed E-state index contributed by atoms with van der Waals surface area (Å²) in [4.78, 5) is 25.0. The number of benzene rings is 1. The van der Waals surface area contributed by atoms with Gasteiger partial charge in [0.1, 0.15) is 0 Å². The Bertz CT molecular complexity index is 1230. The van der Waals surface area contributed by atoms with Crippen LogP contribution in [0.5, 0.6) is 11.5 Å². The molecular weight excluding hydrogens is 294 g/mol. The van der Waals surface area contributed by atoms with Gasteiger partial charge in [0.15, 0.2) is 17.3 Å². The molecular formula is C18H11NO4. The van der Waals surface area contributed by atoms with E-state index in [0.717, 1.165) is 21.3 Å². The second-order valence-electron chi connectivity index (χ2n) is 5.74. The van der Waals surface area contributed by atoms with Crippen LogP contribution in [0.3, 0.4) is 0 Å². The van der Waals surface area contributed by atoms with Crippen LogP contribution in [0.25, 0.3) is 12.2 Å². The molecule has 0 bridgehead atoms. The standard InChI is InChI=1S/C18H11NO4/c1-19-17-11-7-15-14(22-8-23-15)6-9(11)5-12(17)16-10(18(19)21)3-2-4-13(16)20/h2-7H,8H2,1H3. The summed E-state index contributed by atoms with van der Waals surface area (Å²) in [7, 11) is 1.73. The lowest BCUT2D eigenvalue weighted by Gasteiger charge is -2.09. The van der Waals surface area contributed by atoms with Crippen molar-refractivity contribution in [1.29, 1.82) is 0 Å². The minimum Gasteiger partial charge on any atom is -0.454 e. The van der Waals surface area contributed by atoms with E-state index in [0.29, 0.717) is 22.3 Å². The first-order valence-corrected chi connectivity index (χ1v) is 7.26. The molecule has 5 nitrogen and oxygen atoms in total. The maximum atomic E-state index is 12.6. The molecule has 0 atom stereocenters. The highest BCUT2D eigenvalue weighted by Crippen LogP contribution is 2.31. The Morgan fingerprint density at radius 3 is 2.74 bits per heavy atom. The molecule has 1 aromatic heterocycles. The summed E-state index contributed by atoms with van der Waals surface area (Å²) in [5, 5.41) is 3.01. The molecule has 23 heavy (non-hydrogen) atoms. The van der Waals surface area contributed by atoms with Gasteiger partial charge in [0.05, 0.1) is 10.6 Å². The summed E-state index contributed by atoms with van der Waals surface area (Å²) >= 11 is 0. The van der Waals surface area contributed by atoms with Crippen LogP contribution in [-0.2, 0) is 7.05 Å². The first kappa shape index (κ1) is 12.5. The molecule has 2 aliphatic carbocycles. The molecule has 0 unspecified atom stereocenters. The van der Waals surface area contributed by atoms with Crippen LogP contribution in [-0.4, -0.2) is 17.1 Å². The van der Waals surface area contributed by atoms with Gasteiger partial charge in [0.25, 0.3) is 5.56 Å². The largest absolute Gasteiger partial charge is 0.454 e. The van der Waals surface area contributed by atoms with Crippen molar-refractivity contribution < 1.29 is 14.3 Å². The number of pyridine rings is 1. The molecule has 5 rings (SSSR count). The monoisotopic (exact) mass is 305 g/mol. The Kier molecular flexibility index (Phi) is 2.17. The van der Waals surface area contributed by atoms with Gasteiger partial charge in [-0.25, -0.2) is 0 Å². The fraction of sp³-hybridized carbons (Fsp3) is 0.111. The van der Waals surface area contributed by atoms with E-state index in [-0.39, 0.29) is 18.1 Å². The van der Waals surface area contributed by atoms with Gasteiger partial charge in [0, 0.05) is 23.4 Å². The number of hydrogen-bond acceptors (Lipinski definition) is 4. The lowest BCUT2D eigenvalue weighted by Crippen LogP contribution is -2.39. The minimum atomic E-state index is -0.171. The average molecular weight is 305 g/mol. The predicted molar refractivity (Wildman–Crippen MR) is 82.7 cm³/mol. The van der Waals surface area contributed by atoms with Crippen molar-refractivity contribution in [2.45, 2.75) is 0 Å². The van der Waals surface area contributed by atoms with E-state index >= 15 is 0 Å². The van der Waals surface area contributed by atoms with Crippen molar-refractivity contribution in [1.82, 2.24) is 4.57 Å². The third kappa shape index (κ3) is 1.46. The van der Waals surface area contributed by atoms with Crippen LogP contribution in [0.2, 0.25) is 0 Å². The molecule has 1 aliphatic heterocycles. The fourth-order valence-corrected chi connectivity index (χ4v) is 3.47. The number of fused-ring (bicyclic) bond motifs is 5. The summed E-state index contributed by atoms with van der Waals surface area (Å²) in [6, 6.07) is 3.76. The molecule has 0 radical (unpaired) electrons. The highest BCUT2D eigenvalue weighted by molar-refractivity contribution is 6.09. The number of hydrogen-bond donors (Lipinski definition) is 0. The van der Waals surface area contributed by atoms with Crippen molar-refractivity contribution in [3.05, 3.63) is 66.8 Å². The van der Waals surface area contributed by atoms with Crippen LogP contribution in [0.15, 0.2) is 29.1 Å². The zero-order valence-corrected chi connectivity index (χ0v) is 12.3. The lowest BCUT2D eigenvalue weighted by molar-refractivity contribution is 0.104. The van der Waals surface area contributed by atoms with Gasteiger partial charge in [-0.3, -0.25) is 9.59 Å². The van der Waals surface area contributed by atoms with Crippen LogP contribution in [0.4, 0.5) is 0 Å². The van der Waals surface area contributed by atoms with Crippen molar-refractivity contribution in [3.8, 4) is 11.5 Å². The van der Waals surface area contributed by atoms with Crippen LogP contribution in [0.1, 0.15) is 15.9 Å². The third-order valence-electron chi connectivity index (χ3n) is 4.52. The molecule has 0 amide bonds. The first-order valence-electron chi connectivity index (χ1n) is 7.26. The number of nitrogens with zero attached hydrogens (tertiary/aromatic N) is 1. The second-order valence-corrected chi connectivity index (χ2v) is 5.74. The van der Waals surface area contributed by atoms with E-state index in [1.54, 1.807) is 23.8 Å². The molecule has 0 saturated carbocycles. The van der Waals surface area contributed by atoms with Crippen molar-refractivity contribution in [2.75, 3.05) is 6.79 Å². The maximum absolute atomic E-state index is 12.6. The molecule has 5 heteroatoms. The highest BCUT2D eigenvalue weighted by atomic mass is 16.7. The first-order chi connectivity index (χ1) is 11.1. The summed E-state index contributed by atoms with van der Waals surface area (Å²) in [5.41, 5.74) is 1.09. The highest BCUT2D eigenvalue weighted by Gasteiger charge is 2.22. The van der Waals surface area contributed by atoms with Gasteiger partial charge >= 0.3 is 0 Å². The maximum Gasteiger partial charge on any atom is 0.258 e. The van der Waals surface area contributed by atoms with Crippen molar-refractivity contribution in [3.63, 3.8) is 0 Å². The van der Waals surface area contributed by atoms with E-state index in [2.05, 4.69) is 0 Å². The van der Waals surface area contributed by atoms with E-state index in [1.807, 2.05) is 18.2 Å². The summed E-state index contributed by atoms with van der Waals surface area (Å²) in [6.45, 7) is 0.201. The average Bonchev–Trinajstić information content (AvgIpc) is 3.13. The molecule has 0 N–H and O–H groups in total. The number of allylic oxidation sites excluding steroid dienone is 2. The Labute approximate surface area is 129 Å². The van der Waals surface area contributed by atoms with Gasteiger partial charge in [-0.1, -0.05) is 6.08 Å². The Morgan fingerprint density at radius 2 is 1.91 bits per heavy atom. The molecule has 3 aliphatic rings. The molecule has 112 valence electrons. The van der Waals surface area contributed by atoms with Crippen molar-refractivity contribution in [2.24, 2.45) is 7.05 Å². The number of ketones is 1. The minimum absolute atomic E-state index is 0.138. The van der Waals surface area contributed by atoms with Crippen LogP contribution >= 0.6 is 0 Å². The molecule has 0 fully saturated rings. The summed E-state index contributed by atoms with van der Waals surface area (Å²) < 4.78 is 12.4. The van der Waals surface area contributed by atoms with E-state index < -0.39 is 0 Å². The second kappa shape index (κ2) is 4.01. The van der Waals surface area contributed by atoms with Gasteiger partial charge < -0.3 is 14.0 Å². The smallest absolute Gasteiger partial charge is 0.258 e. The zero-order chi connectivity index (χ0) is 15.7. The van der Waals surface area contributed by atoms with E-state index in [4.69, 9.17) is 9.47 Å². The fourth-order valence-electron chi connectivity index (χ4n) is 3.47. The van der Waals surface area contributed by atoms with Gasteiger partial charge in [-0.2, -0.15) is 0 Å². The van der Waals surface area contributed by atoms with Gasteiger partial charge in [-0.05, 0) is 35.6 Å². The number of aromatic nitrogens is 1. The van der Waals surface area contributed by atoms with Crippen LogP contribution < -0.4 is 25.5 Å². The quantitative estimate of drug-likeness (QED) is 0.590. The van der Waals surface area contributed by atoms with E-state index in [1.165, 1.54) is 6.08 Å². The summed E-state index contributed by atoms with van der Waals surface area (Å²) in [5.74, 6) is 1.21. The topological polar surface area (TPSA) is 57.5 Å². The Balaban J connectivity index is 2.08. The van der Waals surface area contributed by atoms with E-state index in [9.17, 15) is 9.59 Å². The third-order valence-corrected chi connectivity index (χ3v) is 4.52. The van der Waals surface area contributed by atoms with Crippen LogP contribution in [0, 0.1) is 10.6 Å². The number of carbonyl (C=O) groups is 1. The van der Waals surface area contributed by atoms with Gasteiger partial charge in [-0.15, -0.1) is 0 Å². The normalized spacial score (nSPS) is 15.6. The molecule has 1 aromatic carbocycles. The van der Waals surface area contributed by atoms with Crippen molar-refractivity contribution >= 4 is 17.9 Å². The molecule has 2 aromatic rings. The number of carbonyl (C=O) groups excluding carboxylic acids is 1. The zero-order valence-electron chi connectivity index (χ0n) is 12.3. The SMILES string of the molecule is Cn1c2c(c3c(c1=O)=CC=CC3=O)C=c1cc3c(cc1=2)OCO3. The summed E-state index contributed by atoms with van der Waals surface area (Å²) in [6.07, 6.45) is 6.75. The molecule has 0 saturated heterocycles. The molecule has 2 heterocycles. The Morgan fingerprint density at radius 1 is 1.13 bits per heavy atom.